The lowest BCUT2D eigenvalue weighted by Gasteiger charge is -2.38. The number of ether oxygens (including phenoxy) is 2. The summed E-state index contributed by atoms with van der Waals surface area (Å²) in [5, 5.41) is 10.3. The van der Waals surface area contributed by atoms with Crippen molar-refractivity contribution in [2.75, 3.05) is 19.0 Å². The van der Waals surface area contributed by atoms with Gasteiger partial charge in [-0.25, -0.2) is 4.68 Å². The van der Waals surface area contributed by atoms with Gasteiger partial charge in [-0.1, -0.05) is 26.0 Å². The minimum atomic E-state index is -0.379. The largest absolute Gasteiger partial charge is 0.493 e. The zero-order valence-electron chi connectivity index (χ0n) is 18.6. The first-order valence-electron chi connectivity index (χ1n) is 10.7. The van der Waals surface area contributed by atoms with Gasteiger partial charge in [0.25, 0.3) is 0 Å². The third kappa shape index (κ3) is 3.48. The second-order valence-corrected chi connectivity index (χ2v) is 9.83. The van der Waals surface area contributed by atoms with Gasteiger partial charge in [0.2, 0.25) is 5.95 Å². The van der Waals surface area contributed by atoms with E-state index in [9.17, 15) is 4.79 Å². The number of fused-ring (bicyclic) bond motifs is 1. The quantitative estimate of drug-likeness (QED) is 0.585. The highest BCUT2D eigenvalue weighted by Crippen LogP contribution is 2.46. The summed E-state index contributed by atoms with van der Waals surface area (Å²) < 4.78 is 13.1. The molecule has 0 saturated carbocycles. The number of nitrogens with zero attached hydrogens (tertiary/aromatic N) is 3. The fourth-order valence-corrected chi connectivity index (χ4v) is 5.21. The Kier molecular flexibility index (Phi) is 5.04. The molecular weight excluding hydrogens is 424 g/mol. The highest BCUT2D eigenvalue weighted by molar-refractivity contribution is 7.13. The van der Waals surface area contributed by atoms with Crippen LogP contribution in [-0.4, -0.2) is 34.3 Å². The molecule has 2 aromatic heterocycles. The van der Waals surface area contributed by atoms with Crippen LogP contribution < -0.4 is 14.8 Å². The predicted octanol–water partition coefficient (Wildman–Crippen LogP) is 5.07. The Labute approximate surface area is 191 Å². The Balaban J connectivity index is 1.68. The summed E-state index contributed by atoms with van der Waals surface area (Å²) in [4.78, 5) is 19.1. The number of nitrogens with one attached hydrogen (secondary N) is 1. The number of Topliss-reactive ketones (excluding diaryl/α,β-unsaturated/α-hetero) is 1. The summed E-state index contributed by atoms with van der Waals surface area (Å²) >= 11 is 1.59. The average Bonchev–Trinajstić information content (AvgIpc) is 3.41. The lowest BCUT2D eigenvalue weighted by Crippen LogP contribution is -2.36. The molecule has 0 fully saturated rings. The van der Waals surface area contributed by atoms with Crippen molar-refractivity contribution in [2.24, 2.45) is 5.41 Å². The number of ketones is 1. The standard InChI is InChI=1S/C24H26N4O3S/c1-5-31-17-9-8-14(11-18(17)30-4)21-20-15(12-24(2,3)13-16(20)29)25-23-26-22(27-28(21)23)19-7-6-10-32-19/h6-11,21H,5,12-13H2,1-4H3,(H,25,26,27). The molecule has 0 saturated heterocycles. The van der Waals surface area contributed by atoms with E-state index in [4.69, 9.17) is 19.6 Å². The summed E-state index contributed by atoms with van der Waals surface area (Å²) in [6, 6.07) is 9.43. The molecule has 7 nitrogen and oxygen atoms in total. The third-order valence-corrected chi connectivity index (χ3v) is 6.74. The number of aromatic nitrogens is 3. The smallest absolute Gasteiger partial charge is 0.226 e. The van der Waals surface area contributed by atoms with Crippen molar-refractivity contribution in [3.05, 3.63) is 52.5 Å². The number of carbonyl (C=O) groups excluding carboxylic acids is 1. The molecule has 1 unspecified atom stereocenters. The van der Waals surface area contributed by atoms with Gasteiger partial charge in [0, 0.05) is 17.7 Å². The molecule has 3 heterocycles. The van der Waals surface area contributed by atoms with Gasteiger partial charge in [-0.15, -0.1) is 16.4 Å². The van der Waals surface area contributed by atoms with Crippen molar-refractivity contribution in [1.82, 2.24) is 14.8 Å². The Morgan fingerprint density at radius 3 is 2.81 bits per heavy atom. The second kappa shape index (κ2) is 7.78. The van der Waals surface area contributed by atoms with Gasteiger partial charge in [0.15, 0.2) is 23.1 Å². The van der Waals surface area contributed by atoms with E-state index in [0.29, 0.717) is 36.3 Å². The number of benzene rings is 1. The van der Waals surface area contributed by atoms with Gasteiger partial charge < -0.3 is 14.8 Å². The molecule has 5 rings (SSSR count). The summed E-state index contributed by atoms with van der Waals surface area (Å²) in [6.45, 7) is 6.74. The first kappa shape index (κ1) is 20.8. The van der Waals surface area contributed by atoms with E-state index >= 15 is 0 Å². The van der Waals surface area contributed by atoms with Gasteiger partial charge in [-0.05, 0) is 47.9 Å². The molecule has 0 bridgehead atoms. The van der Waals surface area contributed by atoms with E-state index < -0.39 is 0 Å². The Morgan fingerprint density at radius 1 is 1.25 bits per heavy atom. The molecule has 1 aromatic carbocycles. The van der Waals surface area contributed by atoms with Crippen molar-refractivity contribution in [3.8, 4) is 22.2 Å². The maximum absolute atomic E-state index is 13.4. The molecule has 1 aliphatic carbocycles. The Hall–Kier alpha value is -3.13. The number of methoxy groups -OCH3 is 1. The van der Waals surface area contributed by atoms with Crippen LogP contribution in [0.2, 0.25) is 0 Å². The number of rotatable bonds is 5. The predicted molar refractivity (Wildman–Crippen MR) is 124 cm³/mol. The molecule has 8 heteroatoms. The van der Waals surface area contributed by atoms with Crippen LogP contribution in [-0.2, 0) is 4.79 Å². The van der Waals surface area contributed by atoms with E-state index in [2.05, 4.69) is 19.2 Å². The van der Waals surface area contributed by atoms with Crippen LogP contribution in [0.4, 0.5) is 5.95 Å². The highest BCUT2D eigenvalue weighted by atomic mass is 32.1. The second-order valence-electron chi connectivity index (χ2n) is 8.88. The van der Waals surface area contributed by atoms with Gasteiger partial charge in [-0.3, -0.25) is 4.79 Å². The van der Waals surface area contributed by atoms with Gasteiger partial charge in [0.1, 0.15) is 6.04 Å². The summed E-state index contributed by atoms with van der Waals surface area (Å²) in [5.74, 6) is 2.75. The molecule has 166 valence electrons. The van der Waals surface area contributed by atoms with Crippen LogP contribution in [0.3, 0.4) is 0 Å². The number of carbonyl (C=O) groups is 1. The Bertz CT molecular complexity index is 1210. The van der Waals surface area contributed by atoms with Crippen molar-refractivity contribution in [2.45, 2.75) is 39.7 Å². The molecule has 2 aliphatic rings. The summed E-state index contributed by atoms with van der Waals surface area (Å²) in [6.07, 6.45) is 1.28. The first-order chi connectivity index (χ1) is 15.4. The van der Waals surface area contributed by atoms with Crippen LogP contribution in [0.15, 0.2) is 47.0 Å². The summed E-state index contributed by atoms with van der Waals surface area (Å²) in [7, 11) is 1.62. The van der Waals surface area contributed by atoms with Gasteiger partial charge in [-0.2, -0.15) is 4.98 Å². The zero-order valence-corrected chi connectivity index (χ0v) is 19.5. The monoisotopic (exact) mass is 450 g/mol. The minimum absolute atomic E-state index is 0.108. The normalized spacial score (nSPS) is 19.2. The van der Waals surface area contributed by atoms with Crippen molar-refractivity contribution >= 4 is 23.1 Å². The van der Waals surface area contributed by atoms with Crippen LogP contribution >= 0.6 is 11.3 Å². The van der Waals surface area contributed by atoms with Crippen LogP contribution in [0, 0.1) is 5.41 Å². The lowest BCUT2D eigenvalue weighted by atomic mass is 9.73. The van der Waals surface area contributed by atoms with Crippen LogP contribution in [0.5, 0.6) is 11.5 Å². The lowest BCUT2D eigenvalue weighted by molar-refractivity contribution is -0.118. The molecule has 0 radical (unpaired) electrons. The fraction of sp³-hybridized carbons (Fsp3) is 0.375. The number of anilines is 1. The van der Waals surface area contributed by atoms with Gasteiger partial charge >= 0.3 is 0 Å². The Morgan fingerprint density at radius 2 is 2.09 bits per heavy atom. The molecular formula is C24H26N4O3S. The molecule has 1 N–H and O–H groups in total. The fourth-order valence-electron chi connectivity index (χ4n) is 4.56. The number of thiophene rings is 1. The molecule has 1 atom stereocenters. The van der Waals surface area contributed by atoms with Crippen LogP contribution in [0.25, 0.3) is 10.7 Å². The van der Waals surface area contributed by atoms with Crippen molar-refractivity contribution < 1.29 is 14.3 Å². The number of allylic oxidation sites excluding steroid dienone is 2. The topological polar surface area (TPSA) is 78.3 Å². The highest BCUT2D eigenvalue weighted by Gasteiger charge is 2.42. The van der Waals surface area contributed by atoms with Gasteiger partial charge in [0.05, 0.1) is 18.6 Å². The van der Waals surface area contributed by atoms with E-state index in [1.54, 1.807) is 18.4 Å². The summed E-state index contributed by atoms with van der Waals surface area (Å²) in [5.41, 5.74) is 2.49. The molecule has 0 amide bonds. The third-order valence-electron chi connectivity index (χ3n) is 5.88. The maximum Gasteiger partial charge on any atom is 0.226 e. The van der Waals surface area contributed by atoms with Crippen molar-refractivity contribution in [1.29, 1.82) is 0 Å². The molecule has 32 heavy (non-hydrogen) atoms. The van der Waals surface area contributed by atoms with E-state index in [-0.39, 0.29) is 17.2 Å². The maximum atomic E-state index is 13.4. The molecule has 0 spiro atoms. The number of hydrogen-bond acceptors (Lipinski definition) is 7. The van der Waals surface area contributed by atoms with E-state index in [1.165, 1.54) is 0 Å². The van der Waals surface area contributed by atoms with Crippen molar-refractivity contribution in [3.63, 3.8) is 0 Å². The first-order valence-corrected chi connectivity index (χ1v) is 11.6. The number of hydrogen-bond donors (Lipinski definition) is 1. The molecule has 3 aromatic rings. The average molecular weight is 451 g/mol. The van der Waals surface area contributed by atoms with E-state index in [1.807, 2.05) is 47.3 Å². The zero-order chi connectivity index (χ0) is 22.5. The SMILES string of the molecule is CCOc1ccc(C2C3=C(CC(C)(C)CC3=O)Nc3nc(-c4cccs4)nn32)cc1OC. The van der Waals surface area contributed by atoms with E-state index in [0.717, 1.165) is 28.1 Å². The van der Waals surface area contributed by atoms with Crippen LogP contribution in [0.1, 0.15) is 45.2 Å². The molecule has 1 aliphatic heterocycles. The minimum Gasteiger partial charge on any atom is -0.493 e.